The number of furan rings is 1. The first-order chi connectivity index (χ1) is 13.6. The lowest BCUT2D eigenvalue weighted by Gasteiger charge is -2.22. The molecule has 3 aromatic rings. The minimum atomic E-state index is -0.875. The molecule has 1 fully saturated rings. The summed E-state index contributed by atoms with van der Waals surface area (Å²) in [4.78, 5) is 26.2. The van der Waals surface area contributed by atoms with E-state index >= 15 is 0 Å². The number of carboxylic acids is 1. The summed E-state index contributed by atoms with van der Waals surface area (Å²) in [6.07, 6.45) is 0.443. The van der Waals surface area contributed by atoms with Gasteiger partial charge in [-0.25, -0.2) is 0 Å². The molecule has 1 aliphatic heterocycles. The van der Waals surface area contributed by atoms with Crippen molar-refractivity contribution in [1.82, 2.24) is 4.90 Å². The highest BCUT2D eigenvalue weighted by Crippen LogP contribution is 2.32. The first-order valence-electron chi connectivity index (χ1n) is 9.28. The largest absolute Gasteiger partial charge is 0.489 e. The summed E-state index contributed by atoms with van der Waals surface area (Å²) in [6.45, 7) is 2.35. The fourth-order valence-electron chi connectivity index (χ4n) is 3.77. The van der Waals surface area contributed by atoms with E-state index in [9.17, 15) is 14.7 Å². The average molecular weight is 379 g/mol. The second-order valence-corrected chi connectivity index (χ2v) is 6.98. The third-order valence-corrected chi connectivity index (χ3v) is 5.35. The Morgan fingerprint density at radius 2 is 1.86 bits per heavy atom. The molecule has 2 aromatic carbocycles. The molecular weight excluding hydrogens is 358 g/mol. The van der Waals surface area contributed by atoms with Crippen LogP contribution in [-0.2, 0) is 11.4 Å². The molecule has 28 heavy (non-hydrogen) atoms. The number of benzene rings is 2. The first-order valence-corrected chi connectivity index (χ1v) is 9.28. The first kappa shape index (κ1) is 18.1. The molecule has 0 radical (unpaired) electrons. The van der Waals surface area contributed by atoms with Crippen molar-refractivity contribution in [1.29, 1.82) is 0 Å². The van der Waals surface area contributed by atoms with Crippen molar-refractivity contribution in [2.45, 2.75) is 26.0 Å². The lowest BCUT2D eigenvalue weighted by molar-refractivity contribution is -0.142. The van der Waals surface area contributed by atoms with Crippen LogP contribution in [0.15, 0.2) is 59.0 Å². The molecule has 144 valence electrons. The number of carbonyl (C=O) groups is 2. The molecule has 0 bridgehead atoms. The summed E-state index contributed by atoms with van der Waals surface area (Å²) in [5.74, 6) is -0.807. The maximum Gasteiger partial charge on any atom is 0.308 e. The van der Waals surface area contributed by atoms with Crippen LogP contribution in [0.25, 0.3) is 11.0 Å². The van der Waals surface area contributed by atoms with Crippen LogP contribution < -0.4 is 4.74 Å². The van der Waals surface area contributed by atoms with Gasteiger partial charge in [-0.1, -0.05) is 36.4 Å². The van der Waals surface area contributed by atoms with Gasteiger partial charge in [-0.2, -0.15) is 0 Å². The van der Waals surface area contributed by atoms with Gasteiger partial charge in [0, 0.05) is 23.5 Å². The smallest absolute Gasteiger partial charge is 0.308 e. The second kappa shape index (κ2) is 7.38. The van der Waals surface area contributed by atoms with Gasteiger partial charge in [0.25, 0.3) is 5.91 Å². The van der Waals surface area contributed by atoms with Crippen LogP contribution >= 0.6 is 0 Å². The topological polar surface area (TPSA) is 80.0 Å². The van der Waals surface area contributed by atoms with Gasteiger partial charge >= 0.3 is 5.97 Å². The third kappa shape index (κ3) is 3.22. The molecule has 2 heterocycles. The highest BCUT2D eigenvalue weighted by atomic mass is 16.5. The Balaban J connectivity index is 1.66. The summed E-state index contributed by atoms with van der Waals surface area (Å²) in [5.41, 5.74) is 1.29. The maximum absolute atomic E-state index is 13.2. The van der Waals surface area contributed by atoms with Gasteiger partial charge in [-0.05, 0) is 31.5 Å². The Hall–Kier alpha value is -3.28. The van der Waals surface area contributed by atoms with Gasteiger partial charge in [-0.3, -0.25) is 9.59 Å². The van der Waals surface area contributed by atoms with Crippen molar-refractivity contribution >= 4 is 22.8 Å². The molecule has 0 aliphatic carbocycles. The van der Waals surface area contributed by atoms with E-state index in [0.717, 1.165) is 5.39 Å². The third-order valence-electron chi connectivity index (χ3n) is 5.35. The fraction of sp³-hybridized carbons (Fsp3) is 0.273. The van der Waals surface area contributed by atoms with Crippen LogP contribution in [-0.4, -0.2) is 34.5 Å². The Labute approximate surface area is 162 Å². The van der Waals surface area contributed by atoms with Gasteiger partial charge in [0.05, 0.1) is 5.92 Å². The number of carboxylic acid groups (broad SMARTS) is 1. The van der Waals surface area contributed by atoms with E-state index in [1.807, 2.05) is 54.6 Å². The zero-order valence-corrected chi connectivity index (χ0v) is 15.5. The molecule has 1 aromatic heterocycles. The number of aliphatic carboxylic acids is 1. The minimum Gasteiger partial charge on any atom is -0.489 e. The van der Waals surface area contributed by atoms with Gasteiger partial charge in [-0.15, -0.1) is 0 Å². The number of nitrogens with zero attached hydrogens (tertiary/aromatic N) is 1. The monoisotopic (exact) mass is 379 g/mol. The molecule has 1 N–H and O–H groups in total. The zero-order valence-electron chi connectivity index (χ0n) is 15.5. The lowest BCUT2D eigenvalue weighted by Crippen LogP contribution is -2.37. The average Bonchev–Trinajstić information content (AvgIpc) is 3.27. The number of rotatable bonds is 5. The molecule has 1 saturated heterocycles. The summed E-state index contributed by atoms with van der Waals surface area (Å²) in [5, 5.41) is 10.2. The number of ether oxygens (including phenoxy) is 1. The fourth-order valence-corrected chi connectivity index (χ4v) is 3.77. The van der Waals surface area contributed by atoms with Gasteiger partial charge < -0.3 is 19.2 Å². The van der Waals surface area contributed by atoms with Crippen LogP contribution in [0.3, 0.4) is 0 Å². The normalized spacial score (nSPS) is 19.1. The molecular formula is C22H21NO5. The van der Waals surface area contributed by atoms with Crippen molar-refractivity contribution in [2.75, 3.05) is 6.54 Å². The molecule has 4 rings (SSSR count). The molecule has 0 saturated carbocycles. The Morgan fingerprint density at radius 3 is 2.57 bits per heavy atom. The number of para-hydroxylation sites is 2. The highest BCUT2D eigenvalue weighted by Gasteiger charge is 2.40. The SMILES string of the molecule is CC1C(C(=O)O)CCN1C(=O)c1oc2ccccc2c1COc1ccccc1. The minimum absolute atomic E-state index is 0.187. The predicted octanol–water partition coefficient (Wildman–Crippen LogP) is 3.95. The van der Waals surface area contributed by atoms with E-state index in [0.29, 0.717) is 29.9 Å². The maximum atomic E-state index is 13.2. The predicted molar refractivity (Wildman–Crippen MR) is 103 cm³/mol. The molecule has 1 aliphatic rings. The summed E-state index contributed by atoms with van der Waals surface area (Å²) < 4.78 is 11.8. The molecule has 2 unspecified atom stereocenters. The van der Waals surface area contributed by atoms with E-state index in [2.05, 4.69) is 0 Å². The molecule has 1 amide bonds. The van der Waals surface area contributed by atoms with Crippen LogP contribution in [0.5, 0.6) is 5.75 Å². The summed E-state index contributed by atoms with van der Waals surface area (Å²) in [7, 11) is 0. The van der Waals surface area contributed by atoms with E-state index in [1.54, 1.807) is 11.8 Å². The molecule has 2 atom stereocenters. The van der Waals surface area contributed by atoms with Crippen LogP contribution in [0.2, 0.25) is 0 Å². The molecule has 0 spiro atoms. The number of amides is 1. The van der Waals surface area contributed by atoms with Crippen LogP contribution in [0, 0.1) is 5.92 Å². The Bertz CT molecular complexity index is 1010. The van der Waals surface area contributed by atoms with E-state index in [1.165, 1.54) is 0 Å². The van der Waals surface area contributed by atoms with Gasteiger partial charge in [0.15, 0.2) is 5.76 Å². The van der Waals surface area contributed by atoms with Crippen LogP contribution in [0.1, 0.15) is 29.5 Å². The highest BCUT2D eigenvalue weighted by molar-refractivity contribution is 5.99. The van der Waals surface area contributed by atoms with Crippen LogP contribution in [0.4, 0.5) is 0 Å². The van der Waals surface area contributed by atoms with Crippen molar-refractivity contribution in [3.8, 4) is 5.75 Å². The van der Waals surface area contributed by atoms with Crippen molar-refractivity contribution in [2.24, 2.45) is 5.92 Å². The van der Waals surface area contributed by atoms with E-state index in [-0.39, 0.29) is 24.3 Å². The van der Waals surface area contributed by atoms with Crippen molar-refractivity contribution in [3.63, 3.8) is 0 Å². The van der Waals surface area contributed by atoms with Crippen molar-refractivity contribution < 1.29 is 23.8 Å². The number of hydrogen-bond acceptors (Lipinski definition) is 4. The van der Waals surface area contributed by atoms with Gasteiger partial charge in [0.2, 0.25) is 0 Å². The zero-order chi connectivity index (χ0) is 19.7. The standard InChI is InChI=1S/C22H21NO5/c1-14-16(22(25)26)11-12-23(14)21(24)20-18(13-27-15-7-3-2-4-8-15)17-9-5-6-10-19(17)28-20/h2-10,14,16H,11-13H2,1H3,(H,25,26). The lowest BCUT2D eigenvalue weighted by atomic mass is 10.0. The quantitative estimate of drug-likeness (QED) is 0.726. The van der Waals surface area contributed by atoms with Gasteiger partial charge in [0.1, 0.15) is 17.9 Å². The Morgan fingerprint density at radius 1 is 1.14 bits per heavy atom. The number of hydrogen-bond donors (Lipinski definition) is 1. The summed E-state index contributed by atoms with van der Waals surface area (Å²) >= 11 is 0. The molecule has 6 heteroatoms. The Kier molecular flexibility index (Phi) is 4.77. The summed E-state index contributed by atoms with van der Waals surface area (Å²) in [6, 6.07) is 16.4. The van der Waals surface area contributed by atoms with E-state index in [4.69, 9.17) is 9.15 Å². The molecule has 6 nitrogen and oxygen atoms in total. The van der Waals surface area contributed by atoms with E-state index < -0.39 is 11.9 Å². The van der Waals surface area contributed by atoms with Crippen molar-refractivity contribution in [3.05, 3.63) is 65.9 Å². The number of fused-ring (bicyclic) bond motifs is 1. The second-order valence-electron chi connectivity index (χ2n) is 6.98. The number of carbonyl (C=O) groups excluding carboxylic acids is 1. The number of likely N-dealkylation sites (tertiary alicyclic amines) is 1.